The molecule has 0 aliphatic heterocycles. The fraction of sp³-hybridized carbons (Fsp3) is 0.207. The third kappa shape index (κ3) is 7.31. The molecule has 0 aliphatic rings. The van der Waals surface area contributed by atoms with E-state index >= 15 is 0 Å². The second kappa shape index (κ2) is 12.2. The van der Waals surface area contributed by atoms with Crippen molar-refractivity contribution < 1.29 is 14.3 Å². The maximum Gasteiger partial charge on any atom is 0.349 e. The van der Waals surface area contributed by atoms with Crippen LogP contribution < -0.4 is 4.90 Å². The molecule has 0 aliphatic carbocycles. The number of benzene rings is 3. The average molecular weight is 468 g/mol. The van der Waals surface area contributed by atoms with Gasteiger partial charge in [0.2, 0.25) is 0 Å². The van der Waals surface area contributed by atoms with Gasteiger partial charge in [-0.3, -0.25) is 4.79 Å². The van der Waals surface area contributed by atoms with E-state index in [1.807, 2.05) is 110 Å². The van der Waals surface area contributed by atoms with Crippen LogP contribution in [0.4, 0.5) is 5.69 Å². The number of esters is 1. The Morgan fingerprint density at radius 3 is 1.86 bits per heavy atom. The maximum absolute atomic E-state index is 13.3. The number of carbonyl (C=O) groups is 2. The van der Waals surface area contributed by atoms with Crippen LogP contribution >= 0.6 is 0 Å². The van der Waals surface area contributed by atoms with E-state index < -0.39 is 12.1 Å². The van der Waals surface area contributed by atoms with Gasteiger partial charge in [-0.2, -0.15) is 5.26 Å². The van der Waals surface area contributed by atoms with Crippen molar-refractivity contribution in [2.45, 2.75) is 26.1 Å². The van der Waals surface area contributed by atoms with Crippen LogP contribution in [0.3, 0.4) is 0 Å². The Labute approximate surface area is 206 Å². The van der Waals surface area contributed by atoms with E-state index in [1.165, 1.54) is 13.0 Å². The van der Waals surface area contributed by atoms with Crippen LogP contribution in [0, 0.1) is 11.3 Å². The normalized spacial score (nSPS) is 11.8. The Balaban J connectivity index is 1.74. The molecule has 0 spiro atoms. The van der Waals surface area contributed by atoms with Gasteiger partial charge in [-0.05, 0) is 41.8 Å². The van der Waals surface area contributed by atoms with E-state index in [9.17, 15) is 14.9 Å². The summed E-state index contributed by atoms with van der Waals surface area (Å²) < 4.78 is 5.43. The first kappa shape index (κ1) is 25.3. The van der Waals surface area contributed by atoms with E-state index in [1.54, 1.807) is 4.90 Å². The third-order valence-corrected chi connectivity index (χ3v) is 5.44. The number of anilines is 1. The summed E-state index contributed by atoms with van der Waals surface area (Å²) in [6.07, 6.45) is 0.410. The predicted molar refractivity (Wildman–Crippen MR) is 137 cm³/mol. The van der Waals surface area contributed by atoms with Gasteiger partial charge in [0.1, 0.15) is 11.6 Å². The molecule has 0 radical (unpaired) electrons. The second-order valence-corrected chi connectivity index (χ2v) is 8.37. The first-order valence-corrected chi connectivity index (χ1v) is 11.3. The van der Waals surface area contributed by atoms with Crippen LogP contribution in [0.1, 0.15) is 23.6 Å². The standard InChI is InChI=1S/C29H29N3O3/c1-22(35-29(34)26(19-30)18-23-14-16-27(17-15-23)31(2)3)28(33)32(20-24-10-6-4-7-11-24)21-25-12-8-5-9-13-25/h4-18,22H,20-21H2,1-3H3/b26-18+. The lowest BCUT2D eigenvalue weighted by Crippen LogP contribution is -2.39. The molecule has 0 bridgehead atoms. The quantitative estimate of drug-likeness (QED) is 0.256. The van der Waals surface area contributed by atoms with E-state index in [2.05, 4.69) is 0 Å². The van der Waals surface area contributed by atoms with Crippen LogP contribution in [-0.4, -0.2) is 37.0 Å². The zero-order chi connectivity index (χ0) is 25.2. The van der Waals surface area contributed by atoms with Gasteiger partial charge in [0.25, 0.3) is 5.91 Å². The van der Waals surface area contributed by atoms with Crippen molar-refractivity contribution in [2.24, 2.45) is 0 Å². The van der Waals surface area contributed by atoms with Gasteiger partial charge in [0.05, 0.1) is 0 Å². The lowest BCUT2D eigenvalue weighted by molar-refractivity contribution is -0.156. The van der Waals surface area contributed by atoms with Crippen molar-refractivity contribution in [3.63, 3.8) is 0 Å². The summed E-state index contributed by atoms with van der Waals surface area (Å²) in [7, 11) is 3.86. The molecule has 35 heavy (non-hydrogen) atoms. The molecule has 0 saturated heterocycles. The van der Waals surface area contributed by atoms with Gasteiger partial charge in [-0.15, -0.1) is 0 Å². The largest absolute Gasteiger partial charge is 0.448 e. The topological polar surface area (TPSA) is 73.6 Å². The van der Waals surface area contributed by atoms with Crippen molar-refractivity contribution >= 4 is 23.6 Å². The molecule has 0 saturated carbocycles. The zero-order valence-corrected chi connectivity index (χ0v) is 20.2. The summed E-state index contributed by atoms with van der Waals surface area (Å²) in [6, 6.07) is 28.6. The van der Waals surface area contributed by atoms with Crippen LogP contribution in [0.15, 0.2) is 90.5 Å². The highest BCUT2D eigenvalue weighted by molar-refractivity contribution is 5.99. The van der Waals surface area contributed by atoms with Crippen molar-refractivity contribution in [3.05, 3.63) is 107 Å². The Morgan fingerprint density at radius 1 is 0.886 bits per heavy atom. The molecule has 1 amide bonds. The molecule has 0 N–H and O–H groups in total. The van der Waals surface area contributed by atoms with Crippen LogP contribution in [-0.2, 0) is 27.4 Å². The molecule has 0 heterocycles. The number of ether oxygens (including phenoxy) is 1. The Kier molecular flexibility index (Phi) is 8.80. The van der Waals surface area contributed by atoms with Gasteiger partial charge in [-0.1, -0.05) is 72.8 Å². The van der Waals surface area contributed by atoms with Gasteiger partial charge in [0.15, 0.2) is 6.10 Å². The smallest absolute Gasteiger partial charge is 0.349 e. The van der Waals surface area contributed by atoms with Crippen molar-refractivity contribution in [2.75, 3.05) is 19.0 Å². The second-order valence-electron chi connectivity index (χ2n) is 8.37. The first-order valence-electron chi connectivity index (χ1n) is 11.3. The minimum atomic E-state index is -1.05. The SMILES string of the molecule is CC(OC(=O)/C(C#N)=C/c1ccc(N(C)C)cc1)C(=O)N(Cc1ccccc1)Cc1ccccc1. The molecule has 1 atom stereocenters. The number of rotatable bonds is 9. The monoisotopic (exact) mass is 467 g/mol. The average Bonchev–Trinajstić information content (AvgIpc) is 2.87. The molecule has 6 heteroatoms. The van der Waals surface area contributed by atoms with Crippen LogP contribution in [0.25, 0.3) is 6.08 Å². The Morgan fingerprint density at radius 2 is 1.40 bits per heavy atom. The van der Waals surface area contributed by atoms with Gasteiger partial charge >= 0.3 is 5.97 Å². The van der Waals surface area contributed by atoms with Crippen molar-refractivity contribution in [1.29, 1.82) is 5.26 Å². The number of hydrogen-bond acceptors (Lipinski definition) is 5. The minimum Gasteiger partial charge on any atom is -0.448 e. The summed E-state index contributed by atoms with van der Waals surface area (Å²) in [5, 5.41) is 9.53. The molecule has 3 aromatic rings. The lowest BCUT2D eigenvalue weighted by Gasteiger charge is -2.26. The summed E-state index contributed by atoms with van der Waals surface area (Å²) in [5.41, 5.74) is 3.46. The highest BCUT2D eigenvalue weighted by Gasteiger charge is 2.25. The molecule has 0 fully saturated rings. The number of hydrogen-bond donors (Lipinski definition) is 0. The van der Waals surface area contributed by atoms with E-state index in [0.717, 1.165) is 16.8 Å². The highest BCUT2D eigenvalue weighted by atomic mass is 16.5. The van der Waals surface area contributed by atoms with E-state index in [0.29, 0.717) is 18.7 Å². The molecular weight excluding hydrogens is 438 g/mol. The highest BCUT2D eigenvalue weighted by Crippen LogP contribution is 2.17. The number of amides is 1. The summed E-state index contributed by atoms with van der Waals surface area (Å²) in [6.45, 7) is 2.27. The molecule has 0 aromatic heterocycles. The number of nitrogens with zero attached hydrogens (tertiary/aromatic N) is 3. The summed E-state index contributed by atoms with van der Waals surface area (Å²) in [5.74, 6) is -1.16. The Bertz CT molecular complexity index is 1160. The summed E-state index contributed by atoms with van der Waals surface area (Å²) >= 11 is 0. The van der Waals surface area contributed by atoms with Crippen LogP contribution in [0.5, 0.6) is 0 Å². The van der Waals surface area contributed by atoms with E-state index in [4.69, 9.17) is 4.74 Å². The fourth-order valence-electron chi connectivity index (χ4n) is 3.52. The Hall–Kier alpha value is -4.37. The van der Waals surface area contributed by atoms with Gasteiger partial charge in [-0.25, -0.2) is 4.79 Å². The molecular formula is C29H29N3O3. The zero-order valence-electron chi connectivity index (χ0n) is 20.2. The molecule has 3 aromatic carbocycles. The van der Waals surface area contributed by atoms with E-state index in [-0.39, 0.29) is 11.5 Å². The molecule has 178 valence electrons. The first-order chi connectivity index (χ1) is 16.9. The number of nitriles is 1. The minimum absolute atomic E-state index is 0.167. The maximum atomic E-state index is 13.3. The summed E-state index contributed by atoms with van der Waals surface area (Å²) in [4.78, 5) is 29.6. The number of carbonyl (C=O) groups excluding carboxylic acids is 2. The van der Waals surface area contributed by atoms with Gasteiger partial charge < -0.3 is 14.5 Å². The predicted octanol–water partition coefficient (Wildman–Crippen LogP) is 4.82. The van der Waals surface area contributed by atoms with Crippen molar-refractivity contribution in [3.8, 4) is 6.07 Å². The van der Waals surface area contributed by atoms with Crippen LogP contribution in [0.2, 0.25) is 0 Å². The molecule has 6 nitrogen and oxygen atoms in total. The third-order valence-electron chi connectivity index (χ3n) is 5.44. The van der Waals surface area contributed by atoms with Crippen molar-refractivity contribution in [1.82, 2.24) is 4.90 Å². The fourth-order valence-corrected chi connectivity index (χ4v) is 3.52. The molecule has 3 rings (SSSR count). The van der Waals surface area contributed by atoms with Gasteiger partial charge in [0, 0.05) is 32.9 Å². The molecule has 1 unspecified atom stereocenters. The lowest BCUT2D eigenvalue weighted by atomic mass is 10.1.